The van der Waals surface area contributed by atoms with E-state index in [1.807, 2.05) is 0 Å². The Morgan fingerprint density at radius 2 is 1.50 bits per heavy atom. The predicted molar refractivity (Wildman–Crippen MR) is 101 cm³/mol. The molecule has 2 amide bonds. The summed E-state index contributed by atoms with van der Waals surface area (Å²) in [6, 6.07) is 0. The Morgan fingerprint density at radius 1 is 0.971 bits per heavy atom. The molecule has 14 heteroatoms. The molecule has 5 rings (SSSR count). The number of methoxy groups -OCH3 is 1. The highest BCUT2D eigenvalue weighted by Crippen LogP contribution is 2.54. The fourth-order valence-corrected chi connectivity index (χ4v) is 4.62. The van der Waals surface area contributed by atoms with Crippen LogP contribution in [0.5, 0.6) is 0 Å². The summed E-state index contributed by atoms with van der Waals surface area (Å²) in [5.74, 6) is -6.46. The minimum atomic E-state index is -1.25. The fraction of sp³-hybridized carbons (Fsp3) is 0.700. The standard InChI is InChI=1S/C16H19NO10.C4H4O3/c1-16(23-2)26-12-10-8-9(11(25-10)13(12)27-16)15(22)17(14(8)21)5-24-7(20)4-3-6(18)19;5-3-1-2-4(6)7-3/h8-13H,3-5H2,1-2H3,(H,18,19);1-2H2/t8?,9?,10-,11?,12+,13?,16?;/m0./s1. The number of fused-ring (bicyclic) bond motifs is 8. The maximum absolute atomic E-state index is 12.7. The van der Waals surface area contributed by atoms with Crippen LogP contribution in [-0.2, 0) is 57.2 Å². The largest absolute Gasteiger partial charge is 0.481 e. The molecular formula is C20H23NO13. The number of hydrogen-bond donors (Lipinski definition) is 1. The topological polar surface area (TPSA) is 181 Å². The van der Waals surface area contributed by atoms with Gasteiger partial charge in [-0.1, -0.05) is 0 Å². The zero-order chi connectivity index (χ0) is 24.8. The Kier molecular flexibility index (Phi) is 6.42. The van der Waals surface area contributed by atoms with E-state index in [4.69, 9.17) is 28.8 Å². The minimum absolute atomic E-state index is 0.263. The van der Waals surface area contributed by atoms with E-state index in [9.17, 15) is 28.8 Å². The summed E-state index contributed by atoms with van der Waals surface area (Å²) in [5.41, 5.74) is 0. The first kappa shape index (κ1) is 24.2. The molecule has 0 spiro atoms. The molecule has 0 radical (unpaired) electrons. The van der Waals surface area contributed by atoms with Gasteiger partial charge >= 0.3 is 23.9 Å². The number of imide groups is 1. The Hall–Kier alpha value is -2.94. The quantitative estimate of drug-likeness (QED) is 0.266. The van der Waals surface area contributed by atoms with Crippen LogP contribution in [0.1, 0.15) is 32.6 Å². The predicted octanol–water partition coefficient (Wildman–Crippen LogP) is -1.31. The molecule has 5 aliphatic rings. The van der Waals surface area contributed by atoms with Gasteiger partial charge in [-0.2, -0.15) is 0 Å². The molecular weight excluding hydrogens is 462 g/mol. The summed E-state index contributed by atoms with van der Waals surface area (Å²) in [5, 5.41) is 8.56. The Balaban J connectivity index is 0.000000336. The molecule has 5 unspecified atom stereocenters. The second kappa shape index (κ2) is 9.02. The molecule has 1 N–H and O–H groups in total. The third kappa shape index (κ3) is 4.29. The molecule has 0 aromatic heterocycles. The number of carboxylic acids is 1. The van der Waals surface area contributed by atoms with Crippen LogP contribution >= 0.6 is 0 Å². The second-order valence-electron chi connectivity index (χ2n) is 8.34. The van der Waals surface area contributed by atoms with Gasteiger partial charge in [-0.05, 0) is 0 Å². The van der Waals surface area contributed by atoms with E-state index >= 15 is 0 Å². The third-order valence-electron chi connectivity index (χ3n) is 6.21. The van der Waals surface area contributed by atoms with Crippen LogP contribution in [0.25, 0.3) is 0 Å². The number of cyclic esters (lactones) is 2. The highest BCUT2D eigenvalue weighted by Gasteiger charge is 2.73. The molecule has 5 aliphatic heterocycles. The zero-order valence-electron chi connectivity index (χ0n) is 18.3. The number of carboxylic acid groups (broad SMARTS) is 1. The number of carbonyl (C=O) groups is 6. The lowest BCUT2D eigenvalue weighted by Crippen LogP contribution is -2.46. The van der Waals surface area contributed by atoms with E-state index in [0.717, 1.165) is 4.90 Å². The van der Waals surface area contributed by atoms with E-state index in [1.54, 1.807) is 6.92 Å². The number of amides is 2. The van der Waals surface area contributed by atoms with Crippen LogP contribution < -0.4 is 0 Å². The van der Waals surface area contributed by atoms with Crippen LogP contribution in [0.15, 0.2) is 0 Å². The van der Waals surface area contributed by atoms with Gasteiger partial charge in [0.15, 0.2) is 6.73 Å². The van der Waals surface area contributed by atoms with Gasteiger partial charge in [-0.3, -0.25) is 28.8 Å². The number of nitrogens with zero attached hydrogens (tertiary/aromatic N) is 1. The van der Waals surface area contributed by atoms with Crippen molar-refractivity contribution in [2.45, 2.75) is 63.0 Å². The van der Waals surface area contributed by atoms with Crippen molar-refractivity contribution in [1.82, 2.24) is 4.90 Å². The summed E-state index contributed by atoms with van der Waals surface area (Å²) in [6.45, 7) is 1.06. The molecule has 14 nitrogen and oxygen atoms in total. The molecule has 0 aliphatic carbocycles. The summed E-state index contributed by atoms with van der Waals surface area (Å²) in [4.78, 5) is 68.3. The average Bonchev–Trinajstić information content (AvgIpc) is 3.55. The molecule has 34 heavy (non-hydrogen) atoms. The second-order valence-corrected chi connectivity index (χ2v) is 8.34. The molecule has 186 valence electrons. The lowest BCUT2D eigenvalue weighted by atomic mass is 9.78. The van der Waals surface area contributed by atoms with Crippen molar-refractivity contribution in [2.24, 2.45) is 11.8 Å². The van der Waals surface area contributed by atoms with Gasteiger partial charge < -0.3 is 33.5 Å². The third-order valence-corrected chi connectivity index (χ3v) is 6.21. The lowest BCUT2D eigenvalue weighted by Gasteiger charge is -2.24. The van der Waals surface area contributed by atoms with Crippen LogP contribution in [0.3, 0.4) is 0 Å². The van der Waals surface area contributed by atoms with Crippen LogP contribution in [-0.4, -0.2) is 89.9 Å². The van der Waals surface area contributed by atoms with Crippen molar-refractivity contribution in [3.8, 4) is 0 Å². The molecule has 0 aromatic rings. The number of ether oxygens (including phenoxy) is 6. The number of aliphatic carboxylic acids is 1. The fourth-order valence-electron chi connectivity index (χ4n) is 4.62. The summed E-state index contributed by atoms with van der Waals surface area (Å²) in [7, 11) is 1.43. The zero-order valence-corrected chi connectivity index (χ0v) is 18.3. The van der Waals surface area contributed by atoms with Crippen LogP contribution in [0.2, 0.25) is 0 Å². The molecule has 0 saturated carbocycles. The summed E-state index contributed by atoms with van der Waals surface area (Å²) in [6.07, 6.45) is -2.56. The van der Waals surface area contributed by atoms with Gasteiger partial charge in [0, 0.05) is 14.0 Å². The molecule has 5 saturated heterocycles. The first-order valence-corrected chi connectivity index (χ1v) is 10.6. The Morgan fingerprint density at radius 3 is 1.91 bits per heavy atom. The van der Waals surface area contributed by atoms with Crippen molar-refractivity contribution in [1.29, 1.82) is 0 Å². The van der Waals surface area contributed by atoms with Gasteiger partial charge in [-0.25, -0.2) is 4.90 Å². The summed E-state index contributed by atoms with van der Waals surface area (Å²) >= 11 is 0. The van der Waals surface area contributed by atoms with Gasteiger partial charge in [0.2, 0.25) is 11.8 Å². The number of carbonyl (C=O) groups excluding carboxylic acids is 5. The minimum Gasteiger partial charge on any atom is -0.481 e. The molecule has 7 atom stereocenters. The van der Waals surface area contributed by atoms with Crippen molar-refractivity contribution in [3.05, 3.63) is 0 Å². The van der Waals surface area contributed by atoms with E-state index in [-0.39, 0.29) is 25.7 Å². The highest BCUT2D eigenvalue weighted by molar-refractivity contribution is 6.06. The van der Waals surface area contributed by atoms with Gasteiger partial charge in [-0.15, -0.1) is 0 Å². The van der Waals surface area contributed by atoms with Crippen LogP contribution in [0.4, 0.5) is 0 Å². The van der Waals surface area contributed by atoms with E-state index in [1.165, 1.54) is 7.11 Å². The molecule has 5 heterocycles. The SMILES string of the molecule is COC1(C)OC2C3O[C@@H](C4C(=O)N(COC(=O)CCC(=O)O)C(=O)C34)[C@H]2O1.O=C1CCC(=O)O1. The van der Waals surface area contributed by atoms with E-state index in [2.05, 4.69) is 4.74 Å². The molecule has 0 aromatic carbocycles. The van der Waals surface area contributed by atoms with Crippen molar-refractivity contribution >= 4 is 35.7 Å². The number of rotatable bonds is 6. The van der Waals surface area contributed by atoms with Gasteiger partial charge in [0.1, 0.15) is 12.2 Å². The normalized spacial score (nSPS) is 37.3. The first-order valence-electron chi connectivity index (χ1n) is 10.6. The Bertz CT molecular complexity index is 881. The maximum atomic E-state index is 12.7. The first-order chi connectivity index (χ1) is 16.0. The monoisotopic (exact) mass is 485 g/mol. The molecule has 2 bridgehead atoms. The number of esters is 3. The van der Waals surface area contributed by atoms with Gasteiger partial charge in [0.25, 0.3) is 5.97 Å². The van der Waals surface area contributed by atoms with E-state index in [0.29, 0.717) is 0 Å². The van der Waals surface area contributed by atoms with Crippen molar-refractivity contribution < 1.29 is 62.3 Å². The smallest absolute Gasteiger partial charge is 0.314 e. The maximum Gasteiger partial charge on any atom is 0.314 e. The summed E-state index contributed by atoms with van der Waals surface area (Å²) < 4.78 is 31.4. The van der Waals surface area contributed by atoms with Gasteiger partial charge in [0.05, 0.1) is 49.7 Å². The molecule has 5 fully saturated rings. The Labute approximate surface area is 192 Å². The number of likely N-dealkylation sites (tertiary alicyclic amines) is 1. The van der Waals surface area contributed by atoms with Crippen molar-refractivity contribution in [3.63, 3.8) is 0 Å². The highest BCUT2D eigenvalue weighted by atomic mass is 16.9. The van der Waals surface area contributed by atoms with Crippen LogP contribution in [0, 0.1) is 11.8 Å². The van der Waals surface area contributed by atoms with E-state index < -0.39 is 84.6 Å². The average molecular weight is 485 g/mol. The van der Waals surface area contributed by atoms with Crippen molar-refractivity contribution in [2.75, 3.05) is 13.8 Å². The lowest BCUT2D eigenvalue weighted by molar-refractivity contribution is -0.330. The number of hydrogen-bond acceptors (Lipinski definition) is 12.